The summed E-state index contributed by atoms with van der Waals surface area (Å²) in [7, 11) is 0. The van der Waals surface area contributed by atoms with E-state index in [0.717, 1.165) is 6.54 Å². The summed E-state index contributed by atoms with van der Waals surface area (Å²) in [6.45, 7) is 5.15. The Balaban J connectivity index is 2.30. The van der Waals surface area contributed by atoms with Gasteiger partial charge in [0.1, 0.15) is 0 Å². The first-order chi connectivity index (χ1) is 8.11. The molecule has 5 heteroatoms. The number of amides is 1. The van der Waals surface area contributed by atoms with E-state index in [4.69, 9.17) is 5.73 Å². The molecule has 17 heavy (non-hydrogen) atoms. The molecule has 1 aromatic rings. The van der Waals surface area contributed by atoms with Crippen LogP contribution < -0.4 is 16.4 Å². The van der Waals surface area contributed by atoms with Gasteiger partial charge >= 0.3 is 0 Å². The van der Waals surface area contributed by atoms with Crippen LogP contribution in [0.4, 0.5) is 0 Å². The van der Waals surface area contributed by atoms with Crippen LogP contribution in [0.15, 0.2) is 17.5 Å². The van der Waals surface area contributed by atoms with Crippen molar-refractivity contribution in [1.29, 1.82) is 0 Å². The van der Waals surface area contributed by atoms with E-state index in [2.05, 4.69) is 16.7 Å². The molecule has 0 saturated carbocycles. The number of nitrogens with one attached hydrogen (secondary N) is 2. The van der Waals surface area contributed by atoms with Gasteiger partial charge < -0.3 is 16.4 Å². The lowest BCUT2D eigenvalue weighted by Crippen LogP contribution is -2.41. The second-order valence-corrected chi connectivity index (χ2v) is 5.35. The van der Waals surface area contributed by atoms with Gasteiger partial charge in [-0.1, -0.05) is 6.07 Å². The molecule has 1 rings (SSSR count). The van der Waals surface area contributed by atoms with Crippen molar-refractivity contribution in [3.8, 4) is 0 Å². The minimum atomic E-state index is 0.0378. The van der Waals surface area contributed by atoms with Crippen LogP contribution in [-0.2, 0) is 11.3 Å². The second kappa shape index (κ2) is 7.42. The highest BCUT2D eigenvalue weighted by atomic mass is 32.1. The number of carbonyl (C=O) groups is 1. The van der Waals surface area contributed by atoms with Crippen LogP contribution in [-0.4, -0.2) is 24.5 Å². The Morgan fingerprint density at radius 1 is 1.53 bits per heavy atom. The zero-order chi connectivity index (χ0) is 12.7. The molecule has 1 unspecified atom stereocenters. The van der Waals surface area contributed by atoms with Gasteiger partial charge in [-0.3, -0.25) is 4.79 Å². The van der Waals surface area contributed by atoms with E-state index in [1.165, 1.54) is 4.88 Å². The molecule has 4 N–H and O–H groups in total. The van der Waals surface area contributed by atoms with E-state index < -0.39 is 0 Å². The summed E-state index contributed by atoms with van der Waals surface area (Å²) < 4.78 is 0. The van der Waals surface area contributed by atoms with Crippen LogP contribution in [0.2, 0.25) is 0 Å². The lowest BCUT2D eigenvalue weighted by molar-refractivity contribution is -0.122. The maximum atomic E-state index is 11.6. The van der Waals surface area contributed by atoms with Gasteiger partial charge in [0.15, 0.2) is 0 Å². The predicted octanol–water partition coefficient (Wildman–Crippen LogP) is 1.08. The molecule has 1 heterocycles. The molecule has 96 valence electrons. The maximum Gasteiger partial charge on any atom is 0.221 e. The summed E-state index contributed by atoms with van der Waals surface area (Å²) in [5.41, 5.74) is 5.65. The number of carbonyl (C=O) groups excluding carboxylic acids is 1. The molecule has 0 aliphatic heterocycles. The van der Waals surface area contributed by atoms with Crippen molar-refractivity contribution in [3.63, 3.8) is 0 Å². The van der Waals surface area contributed by atoms with Gasteiger partial charge in [0, 0.05) is 36.5 Å². The normalized spacial score (nSPS) is 12.7. The van der Waals surface area contributed by atoms with E-state index in [1.807, 2.05) is 25.3 Å². The first kappa shape index (κ1) is 14.2. The van der Waals surface area contributed by atoms with Crippen LogP contribution in [0.3, 0.4) is 0 Å². The van der Waals surface area contributed by atoms with Crippen LogP contribution in [0.25, 0.3) is 0 Å². The molecule has 1 aromatic heterocycles. The van der Waals surface area contributed by atoms with Crippen LogP contribution in [0.5, 0.6) is 0 Å². The van der Waals surface area contributed by atoms with Crippen molar-refractivity contribution in [3.05, 3.63) is 22.4 Å². The summed E-state index contributed by atoms with van der Waals surface area (Å²) >= 11 is 1.70. The molecule has 0 aliphatic carbocycles. The lowest BCUT2D eigenvalue weighted by atomic mass is 10.2. The fourth-order valence-corrected chi connectivity index (χ4v) is 2.16. The van der Waals surface area contributed by atoms with Crippen molar-refractivity contribution < 1.29 is 4.79 Å². The molecule has 0 radical (unpaired) electrons. The number of rotatable bonds is 7. The highest BCUT2D eigenvalue weighted by Gasteiger charge is 2.12. The lowest BCUT2D eigenvalue weighted by Gasteiger charge is -2.17. The molecular weight excluding hydrogens is 234 g/mol. The smallest absolute Gasteiger partial charge is 0.221 e. The van der Waals surface area contributed by atoms with Crippen molar-refractivity contribution in [2.75, 3.05) is 6.54 Å². The second-order valence-electron chi connectivity index (χ2n) is 4.32. The fourth-order valence-electron chi connectivity index (χ4n) is 1.50. The molecule has 0 saturated heterocycles. The minimum absolute atomic E-state index is 0.0378. The van der Waals surface area contributed by atoms with Crippen molar-refractivity contribution in [2.45, 2.75) is 38.9 Å². The Hall–Kier alpha value is -0.910. The van der Waals surface area contributed by atoms with Gasteiger partial charge in [0.2, 0.25) is 5.91 Å². The van der Waals surface area contributed by atoms with E-state index in [9.17, 15) is 4.79 Å². The van der Waals surface area contributed by atoms with Gasteiger partial charge in [-0.15, -0.1) is 11.3 Å². The Labute approximate surface area is 107 Å². The van der Waals surface area contributed by atoms with Gasteiger partial charge in [-0.25, -0.2) is 0 Å². The van der Waals surface area contributed by atoms with Gasteiger partial charge in [-0.2, -0.15) is 0 Å². The zero-order valence-electron chi connectivity index (χ0n) is 10.4. The van der Waals surface area contributed by atoms with Crippen LogP contribution in [0, 0.1) is 0 Å². The Kier molecular flexibility index (Phi) is 6.18. The van der Waals surface area contributed by atoms with Crippen LogP contribution in [0.1, 0.15) is 25.1 Å². The first-order valence-corrected chi connectivity index (χ1v) is 6.75. The third kappa shape index (κ3) is 5.81. The SMILES string of the molecule is CC(C)NC(=O)CC(CN)NCc1cccs1. The molecule has 0 fully saturated rings. The number of hydrogen-bond acceptors (Lipinski definition) is 4. The van der Waals surface area contributed by atoms with Gasteiger partial charge in [0.05, 0.1) is 0 Å². The largest absolute Gasteiger partial charge is 0.354 e. The Bertz CT molecular complexity index is 325. The molecule has 0 spiro atoms. The predicted molar refractivity (Wildman–Crippen MR) is 71.9 cm³/mol. The molecule has 0 aliphatic rings. The molecule has 0 bridgehead atoms. The minimum Gasteiger partial charge on any atom is -0.354 e. The molecule has 0 aromatic carbocycles. The van der Waals surface area contributed by atoms with Crippen molar-refractivity contribution in [2.24, 2.45) is 5.73 Å². The average Bonchev–Trinajstić information content (AvgIpc) is 2.75. The van der Waals surface area contributed by atoms with E-state index in [0.29, 0.717) is 13.0 Å². The van der Waals surface area contributed by atoms with Crippen molar-refractivity contribution in [1.82, 2.24) is 10.6 Å². The molecular formula is C12H21N3OS. The molecule has 4 nitrogen and oxygen atoms in total. The monoisotopic (exact) mass is 255 g/mol. The maximum absolute atomic E-state index is 11.6. The third-order valence-corrected chi connectivity index (χ3v) is 3.19. The zero-order valence-corrected chi connectivity index (χ0v) is 11.2. The van der Waals surface area contributed by atoms with E-state index in [1.54, 1.807) is 11.3 Å². The van der Waals surface area contributed by atoms with Crippen LogP contribution >= 0.6 is 11.3 Å². The summed E-state index contributed by atoms with van der Waals surface area (Å²) in [6.07, 6.45) is 0.431. The summed E-state index contributed by atoms with van der Waals surface area (Å²) in [4.78, 5) is 12.8. The Morgan fingerprint density at radius 3 is 2.82 bits per heavy atom. The number of hydrogen-bond donors (Lipinski definition) is 3. The summed E-state index contributed by atoms with van der Waals surface area (Å²) in [5.74, 6) is 0.0501. The topological polar surface area (TPSA) is 67.2 Å². The first-order valence-electron chi connectivity index (χ1n) is 5.87. The fraction of sp³-hybridized carbons (Fsp3) is 0.583. The van der Waals surface area contributed by atoms with E-state index >= 15 is 0 Å². The highest BCUT2D eigenvalue weighted by Crippen LogP contribution is 2.08. The number of thiophene rings is 1. The van der Waals surface area contributed by atoms with Crippen molar-refractivity contribution >= 4 is 17.2 Å². The summed E-state index contributed by atoms with van der Waals surface area (Å²) in [5, 5.41) is 8.21. The standard InChI is InChI=1S/C12H21N3OS/c1-9(2)15-12(16)6-10(7-13)14-8-11-4-3-5-17-11/h3-5,9-10,14H,6-8,13H2,1-2H3,(H,15,16). The third-order valence-electron chi connectivity index (χ3n) is 2.31. The molecule has 1 amide bonds. The quantitative estimate of drug-likeness (QED) is 0.683. The average molecular weight is 255 g/mol. The highest BCUT2D eigenvalue weighted by molar-refractivity contribution is 7.09. The summed E-state index contributed by atoms with van der Waals surface area (Å²) in [6, 6.07) is 4.30. The van der Waals surface area contributed by atoms with Gasteiger partial charge in [-0.05, 0) is 25.3 Å². The van der Waals surface area contributed by atoms with Gasteiger partial charge in [0.25, 0.3) is 0 Å². The Morgan fingerprint density at radius 2 is 2.29 bits per heavy atom. The van der Waals surface area contributed by atoms with E-state index in [-0.39, 0.29) is 18.0 Å². The number of nitrogens with two attached hydrogens (primary N) is 1. The molecule has 1 atom stereocenters.